The van der Waals surface area contributed by atoms with Crippen molar-refractivity contribution in [1.82, 2.24) is 9.19 Å². The molecule has 5 nitrogen and oxygen atoms in total. The predicted molar refractivity (Wildman–Crippen MR) is 66.1 cm³/mol. The van der Waals surface area contributed by atoms with E-state index in [9.17, 15) is 13.2 Å². The summed E-state index contributed by atoms with van der Waals surface area (Å²) in [6.07, 6.45) is 1.81. The molecule has 0 radical (unpaired) electrons. The molecular formula is C12H12N2O3S. The molecule has 0 unspecified atom stereocenters. The molecule has 0 bridgehead atoms. The van der Waals surface area contributed by atoms with E-state index >= 15 is 0 Å². The van der Waals surface area contributed by atoms with Gasteiger partial charge in [0, 0.05) is 0 Å². The summed E-state index contributed by atoms with van der Waals surface area (Å²) in [5, 5.41) is 3.85. The lowest BCUT2D eigenvalue weighted by atomic mass is 10.2. The Morgan fingerprint density at radius 1 is 1.17 bits per heavy atom. The van der Waals surface area contributed by atoms with Crippen molar-refractivity contribution in [2.24, 2.45) is 0 Å². The Labute approximate surface area is 105 Å². The van der Waals surface area contributed by atoms with Gasteiger partial charge in [-0.25, -0.2) is 0 Å². The summed E-state index contributed by atoms with van der Waals surface area (Å²) < 4.78 is 25.3. The van der Waals surface area contributed by atoms with Crippen LogP contribution in [0.4, 0.5) is 0 Å². The number of hydrogen-bond donors (Lipinski definition) is 0. The average Bonchev–Trinajstić information content (AvgIpc) is 2.72. The normalized spacial score (nSPS) is 11.4. The molecule has 0 aliphatic rings. The molecule has 94 valence electrons. The van der Waals surface area contributed by atoms with E-state index in [0.717, 1.165) is 9.65 Å². The summed E-state index contributed by atoms with van der Waals surface area (Å²) in [7, 11) is -3.72. The fourth-order valence-electron chi connectivity index (χ4n) is 1.50. The molecular weight excluding hydrogens is 252 g/mol. The van der Waals surface area contributed by atoms with Crippen LogP contribution in [0.2, 0.25) is 0 Å². The number of nitrogens with zero attached hydrogens (tertiary/aromatic N) is 2. The SMILES string of the molecule is Cc1ccc(S(=O)(=O)n2cc(C=O)c(C)n2)cc1. The highest BCUT2D eigenvalue weighted by Gasteiger charge is 2.19. The Bertz CT molecular complexity index is 685. The highest BCUT2D eigenvalue weighted by Crippen LogP contribution is 2.15. The maximum absolute atomic E-state index is 12.2. The molecule has 0 aliphatic heterocycles. The van der Waals surface area contributed by atoms with Crippen LogP contribution in [-0.4, -0.2) is 23.9 Å². The number of benzene rings is 1. The van der Waals surface area contributed by atoms with Crippen LogP contribution in [-0.2, 0) is 10.0 Å². The molecule has 6 heteroatoms. The predicted octanol–water partition coefficient (Wildman–Crippen LogP) is 1.55. The van der Waals surface area contributed by atoms with E-state index in [1.165, 1.54) is 18.3 Å². The van der Waals surface area contributed by atoms with Crippen molar-refractivity contribution in [3.05, 3.63) is 47.3 Å². The van der Waals surface area contributed by atoms with E-state index in [2.05, 4.69) is 5.10 Å². The number of carbonyl (C=O) groups is 1. The van der Waals surface area contributed by atoms with Crippen LogP contribution in [0.1, 0.15) is 21.6 Å². The summed E-state index contributed by atoms with van der Waals surface area (Å²) in [4.78, 5) is 10.8. The van der Waals surface area contributed by atoms with Gasteiger partial charge in [0.2, 0.25) is 0 Å². The van der Waals surface area contributed by atoms with Crippen molar-refractivity contribution in [2.45, 2.75) is 18.7 Å². The van der Waals surface area contributed by atoms with Crippen LogP contribution >= 0.6 is 0 Å². The zero-order chi connectivity index (χ0) is 13.3. The maximum atomic E-state index is 12.2. The molecule has 0 saturated heterocycles. The van der Waals surface area contributed by atoms with Gasteiger partial charge in [-0.05, 0) is 26.0 Å². The monoisotopic (exact) mass is 264 g/mol. The molecule has 0 saturated carbocycles. The summed E-state index contributed by atoms with van der Waals surface area (Å²) in [5.41, 5.74) is 1.63. The number of carbonyl (C=O) groups excluding carboxylic acids is 1. The summed E-state index contributed by atoms with van der Waals surface area (Å²) in [6, 6.07) is 6.46. The molecule has 2 rings (SSSR count). The number of hydrogen-bond acceptors (Lipinski definition) is 4. The van der Waals surface area contributed by atoms with Crippen LogP contribution < -0.4 is 0 Å². The lowest BCUT2D eigenvalue weighted by Crippen LogP contribution is -2.13. The smallest absolute Gasteiger partial charge is 0.282 e. The Kier molecular flexibility index (Phi) is 3.04. The van der Waals surface area contributed by atoms with Crippen molar-refractivity contribution in [3.63, 3.8) is 0 Å². The van der Waals surface area contributed by atoms with E-state index in [1.807, 2.05) is 6.92 Å². The number of aryl methyl sites for hydroxylation is 2. The first-order chi connectivity index (χ1) is 8.45. The number of aldehydes is 1. The van der Waals surface area contributed by atoms with Gasteiger partial charge in [0.15, 0.2) is 6.29 Å². The second-order valence-corrected chi connectivity index (χ2v) is 5.77. The largest absolute Gasteiger partial charge is 0.298 e. The zero-order valence-corrected chi connectivity index (χ0v) is 10.8. The van der Waals surface area contributed by atoms with E-state index in [4.69, 9.17) is 0 Å². The van der Waals surface area contributed by atoms with Crippen molar-refractivity contribution in [2.75, 3.05) is 0 Å². The Morgan fingerprint density at radius 2 is 1.78 bits per heavy atom. The first-order valence-corrected chi connectivity index (χ1v) is 6.73. The molecule has 0 atom stereocenters. The second kappa shape index (κ2) is 4.38. The summed E-state index contributed by atoms with van der Waals surface area (Å²) in [5.74, 6) is 0. The standard InChI is InChI=1S/C12H12N2O3S/c1-9-3-5-12(6-4-9)18(16,17)14-7-11(8-15)10(2)13-14/h3-8H,1-2H3. The first-order valence-electron chi connectivity index (χ1n) is 5.29. The van der Waals surface area contributed by atoms with Crippen LogP contribution in [0, 0.1) is 13.8 Å². The van der Waals surface area contributed by atoms with Gasteiger partial charge in [-0.2, -0.15) is 17.6 Å². The summed E-state index contributed by atoms with van der Waals surface area (Å²) >= 11 is 0. The molecule has 0 aliphatic carbocycles. The van der Waals surface area contributed by atoms with Crippen molar-refractivity contribution < 1.29 is 13.2 Å². The third-order valence-corrected chi connectivity index (χ3v) is 4.16. The van der Waals surface area contributed by atoms with Crippen molar-refractivity contribution in [3.8, 4) is 0 Å². The highest BCUT2D eigenvalue weighted by atomic mass is 32.2. The molecule has 18 heavy (non-hydrogen) atoms. The average molecular weight is 264 g/mol. The molecule has 2 aromatic rings. The van der Waals surface area contributed by atoms with Gasteiger partial charge in [0.25, 0.3) is 10.0 Å². The Balaban J connectivity index is 2.54. The Morgan fingerprint density at radius 3 is 2.28 bits per heavy atom. The quantitative estimate of drug-likeness (QED) is 0.789. The first kappa shape index (κ1) is 12.5. The number of rotatable bonds is 3. The lowest BCUT2D eigenvalue weighted by molar-refractivity contribution is 0.112. The van der Waals surface area contributed by atoms with Gasteiger partial charge in [-0.15, -0.1) is 0 Å². The molecule has 1 aromatic carbocycles. The van der Waals surface area contributed by atoms with Crippen molar-refractivity contribution in [1.29, 1.82) is 0 Å². The van der Waals surface area contributed by atoms with Gasteiger partial charge in [0.05, 0.1) is 22.3 Å². The van der Waals surface area contributed by atoms with Crippen LogP contribution in [0.15, 0.2) is 35.4 Å². The Hall–Kier alpha value is -1.95. The third kappa shape index (κ3) is 2.06. The van der Waals surface area contributed by atoms with Gasteiger partial charge in [-0.3, -0.25) is 4.79 Å². The minimum absolute atomic E-state index is 0.146. The van der Waals surface area contributed by atoms with E-state index in [-0.39, 0.29) is 10.5 Å². The maximum Gasteiger partial charge on any atom is 0.282 e. The van der Waals surface area contributed by atoms with Gasteiger partial charge >= 0.3 is 0 Å². The van der Waals surface area contributed by atoms with Crippen LogP contribution in [0.3, 0.4) is 0 Å². The fraction of sp³-hybridized carbons (Fsp3) is 0.167. The van der Waals surface area contributed by atoms with Crippen LogP contribution in [0.25, 0.3) is 0 Å². The molecule has 0 fully saturated rings. The van der Waals surface area contributed by atoms with E-state index in [0.29, 0.717) is 12.0 Å². The van der Waals surface area contributed by atoms with E-state index < -0.39 is 10.0 Å². The lowest BCUT2D eigenvalue weighted by Gasteiger charge is -2.04. The number of aromatic nitrogens is 2. The van der Waals surface area contributed by atoms with Gasteiger partial charge in [-0.1, -0.05) is 17.7 Å². The minimum atomic E-state index is -3.72. The molecule has 0 amide bonds. The highest BCUT2D eigenvalue weighted by molar-refractivity contribution is 7.89. The van der Waals surface area contributed by atoms with Gasteiger partial charge in [0.1, 0.15) is 0 Å². The molecule has 1 heterocycles. The van der Waals surface area contributed by atoms with E-state index in [1.54, 1.807) is 19.1 Å². The van der Waals surface area contributed by atoms with Gasteiger partial charge < -0.3 is 0 Å². The molecule has 0 spiro atoms. The topological polar surface area (TPSA) is 69.0 Å². The molecule has 1 aromatic heterocycles. The third-order valence-electron chi connectivity index (χ3n) is 2.61. The zero-order valence-electron chi connectivity index (χ0n) is 9.99. The van der Waals surface area contributed by atoms with Crippen molar-refractivity contribution >= 4 is 16.3 Å². The molecule has 0 N–H and O–H groups in total. The fourth-order valence-corrected chi connectivity index (χ4v) is 2.68. The minimum Gasteiger partial charge on any atom is -0.298 e. The summed E-state index contributed by atoms with van der Waals surface area (Å²) in [6.45, 7) is 3.46. The second-order valence-electron chi connectivity index (χ2n) is 3.98. The van der Waals surface area contributed by atoms with Crippen LogP contribution in [0.5, 0.6) is 0 Å².